The van der Waals surface area contributed by atoms with E-state index in [9.17, 15) is 18.8 Å². The van der Waals surface area contributed by atoms with Gasteiger partial charge in [0.05, 0.1) is 12.7 Å². The number of hydrogen-bond acceptors (Lipinski definition) is 5. The summed E-state index contributed by atoms with van der Waals surface area (Å²) in [5.74, 6) is -2.53. The van der Waals surface area contributed by atoms with Crippen LogP contribution < -0.4 is 15.4 Å². The van der Waals surface area contributed by atoms with Gasteiger partial charge in [0.15, 0.2) is 11.6 Å². The molecule has 0 radical (unpaired) electrons. The Morgan fingerprint density at radius 1 is 1.08 bits per heavy atom. The van der Waals surface area contributed by atoms with Gasteiger partial charge in [-0.1, -0.05) is 30.3 Å². The molecule has 0 saturated heterocycles. The minimum Gasteiger partial charge on any atom is -0.494 e. The average molecular weight is 360 g/mol. The van der Waals surface area contributed by atoms with Crippen LogP contribution in [0.1, 0.15) is 22.0 Å². The summed E-state index contributed by atoms with van der Waals surface area (Å²) in [7, 11) is 2.64. The van der Waals surface area contributed by atoms with Crippen LogP contribution in [0.5, 0.6) is 5.75 Å². The molecule has 0 aliphatic heterocycles. The molecule has 2 N–H and O–H groups in total. The maximum Gasteiger partial charge on any atom is 0.339 e. The van der Waals surface area contributed by atoms with Crippen LogP contribution in [0.15, 0.2) is 48.5 Å². The number of ether oxygens (including phenoxy) is 2. The molecule has 26 heavy (non-hydrogen) atoms. The third-order valence-electron chi connectivity index (χ3n) is 3.42. The van der Waals surface area contributed by atoms with Crippen molar-refractivity contribution in [1.82, 2.24) is 10.6 Å². The van der Waals surface area contributed by atoms with Crippen LogP contribution in [0.2, 0.25) is 0 Å². The topological polar surface area (TPSA) is 93.7 Å². The molecule has 0 aliphatic rings. The van der Waals surface area contributed by atoms with Crippen molar-refractivity contribution < 1.29 is 28.2 Å². The third kappa shape index (κ3) is 4.56. The van der Waals surface area contributed by atoms with Crippen molar-refractivity contribution in [2.45, 2.75) is 6.10 Å². The maximum absolute atomic E-state index is 13.8. The molecule has 2 aromatic rings. The quantitative estimate of drug-likeness (QED) is 0.797. The van der Waals surface area contributed by atoms with Crippen molar-refractivity contribution in [2.75, 3.05) is 14.2 Å². The van der Waals surface area contributed by atoms with E-state index in [2.05, 4.69) is 10.6 Å². The largest absolute Gasteiger partial charge is 0.494 e. The first-order valence-electron chi connectivity index (χ1n) is 7.58. The fourth-order valence-electron chi connectivity index (χ4n) is 2.11. The fraction of sp³-hybridized carbons (Fsp3) is 0.167. The van der Waals surface area contributed by atoms with E-state index in [1.807, 2.05) is 0 Å². The Morgan fingerprint density at radius 2 is 1.77 bits per heavy atom. The Hall–Kier alpha value is -3.42. The number of nitrogens with one attached hydrogen (secondary N) is 2. The molecule has 0 aliphatic carbocycles. The summed E-state index contributed by atoms with van der Waals surface area (Å²) < 4.78 is 23.8. The number of rotatable bonds is 5. The molecule has 2 aromatic carbocycles. The van der Waals surface area contributed by atoms with Gasteiger partial charge < -0.3 is 14.8 Å². The smallest absolute Gasteiger partial charge is 0.339 e. The molecular weight excluding hydrogens is 343 g/mol. The second-order valence-electron chi connectivity index (χ2n) is 5.11. The maximum atomic E-state index is 13.8. The number of amides is 3. The Kier molecular flexibility index (Phi) is 6.26. The first-order valence-corrected chi connectivity index (χ1v) is 7.58. The monoisotopic (exact) mass is 360 g/mol. The van der Waals surface area contributed by atoms with Gasteiger partial charge >= 0.3 is 12.0 Å². The molecule has 0 heterocycles. The molecule has 2 rings (SSSR count). The number of urea groups is 1. The Balaban J connectivity index is 2.25. The third-order valence-corrected chi connectivity index (χ3v) is 3.42. The number of methoxy groups -OCH3 is 1. The van der Waals surface area contributed by atoms with E-state index in [1.54, 1.807) is 30.3 Å². The van der Waals surface area contributed by atoms with Gasteiger partial charge in [-0.3, -0.25) is 10.1 Å². The molecule has 1 atom stereocenters. The van der Waals surface area contributed by atoms with Crippen molar-refractivity contribution in [3.05, 3.63) is 65.5 Å². The van der Waals surface area contributed by atoms with E-state index in [-0.39, 0.29) is 11.3 Å². The van der Waals surface area contributed by atoms with Crippen LogP contribution in [-0.4, -0.2) is 32.1 Å². The molecule has 8 heteroatoms. The first-order chi connectivity index (χ1) is 12.5. The van der Waals surface area contributed by atoms with Crippen LogP contribution in [0, 0.1) is 5.82 Å². The molecular formula is C18H17FN2O5. The predicted molar refractivity (Wildman–Crippen MR) is 90.1 cm³/mol. The molecule has 136 valence electrons. The Morgan fingerprint density at radius 3 is 2.35 bits per heavy atom. The molecule has 7 nitrogen and oxygen atoms in total. The molecule has 0 spiro atoms. The molecule has 0 saturated carbocycles. The van der Waals surface area contributed by atoms with Gasteiger partial charge in [-0.05, 0) is 18.2 Å². The molecule has 0 unspecified atom stereocenters. The predicted octanol–water partition coefficient (Wildman–Crippen LogP) is 2.19. The lowest BCUT2D eigenvalue weighted by molar-refractivity contribution is -0.129. The summed E-state index contributed by atoms with van der Waals surface area (Å²) in [6, 6.07) is 10.9. The van der Waals surface area contributed by atoms with Crippen molar-refractivity contribution in [3.8, 4) is 5.75 Å². The zero-order valence-corrected chi connectivity index (χ0v) is 14.1. The summed E-state index contributed by atoms with van der Waals surface area (Å²) in [6.45, 7) is 0. The van der Waals surface area contributed by atoms with Gasteiger partial charge in [-0.15, -0.1) is 0 Å². The second-order valence-corrected chi connectivity index (χ2v) is 5.11. The van der Waals surface area contributed by atoms with Crippen molar-refractivity contribution >= 4 is 17.9 Å². The Bertz CT molecular complexity index is 810. The van der Waals surface area contributed by atoms with Crippen LogP contribution in [0.4, 0.5) is 9.18 Å². The van der Waals surface area contributed by atoms with Crippen molar-refractivity contribution in [1.29, 1.82) is 0 Å². The van der Waals surface area contributed by atoms with Crippen molar-refractivity contribution in [2.24, 2.45) is 0 Å². The number of carbonyl (C=O) groups excluding carboxylic acids is 3. The van der Waals surface area contributed by atoms with E-state index in [0.29, 0.717) is 5.56 Å². The van der Waals surface area contributed by atoms with E-state index < -0.39 is 29.8 Å². The Labute approximate surface area is 149 Å². The van der Waals surface area contributed by atoms with E-state index in [1.165, 1.54) is 26.3 Å². The summed E-state index contributed by atoms with van der Waals surface area (Å²) in [6.07, 6.45) is -1.38. The average Bonchev–Trinajstić information content (AvgIpc) is 2.66. The highest BCUT2D eigenvalue weighted by molar-refractivity contribution is 5.99. The highest BCUT2D eigenvalue weighted by atomic mass is 19.1. The molecule has 0 fully saturated rings. The van der Waals surface area contributed by atoms with Gasteiger partial charge in [-0.2, -0.15) is 0 Å². The number of benzene rings is 2. The van der Waals surface area contributed by atoms with Crippen molar-refractivity contribution in [3.63, 3.8) is 0 Å². The second kappa shape index (κ2) is 8.61. The van der Waals surface area contributed by atoms with E-state index in [4.69, 9.17) is 9.47 Å². The van der Waals surface area contributed by atoms with Gasteiger partial charge in [0, 0.05) is 12.6 Å². The highest BCUT2D eigenvalue weighted by Gasteiger charge is 2.27. The summed E-state index contributed by atoms with van der Waals surface area (Å²) in [5.41, 5.74) is 0.258. The number of halogens is 1. The van der Waals surface area contributed by atoms with Gasteiger partial charge in [0.25, 0.3) is 5.91 Å². The zero-order chi connectivity index (χ0) is 19.1. The van der Waals surface area contributed by atoms with Crippen LogP contribution in [0.25, 0.3) is 0 Å². The lowest BCUT2D eigenvalue weighted by Gasteiger charge is -2.17. The lowest BCUT2D eigenvalue weighted by Crippen LogP contribution is -2.41. The number of hydrogen-bond donors (Lipinski definition) is 2. The van der Waals surface area contributed by atoms with Crippen LogP contribution >= 0.6 is 0 Å². The summed E-state index contributed by atoms with van der Waals surface area (Å²) in [4.78, 5) is 36.0. The summed E-state index contributed by atoms with van der Waals surface area (Å²) >= 11 is 0. The number of imide groups is 1. The molecule has 0 bridgehead atoms. The first kappa shape index (κ1) is 18.9. The van der Waals surface area contributed by atoms with Crippen LogP contribution in [0.3, 0.4) is 0 Å². The lowest BCUT2D eigenvalue weighted by atomic mass is 10.1. The normalized spacial score (nSPS) is 11.2. The minimum atomic E-state index is -1.38. The van der Waals surface area contributed by atoms with Gasteiger partial charge in [0.2, 0.25) is 6.10 Å². The number of carbonyl (C=O) groups is 3. The van der Waals surface area contributed by atoms with Gasteiger partial charge in [-0.25, -0.2) is 14.0 Å². The minimum absolute atomic E-state index is 0.0291. The summed E-state index contributed by atoms with van der Waals surface area (Å²) in [5, 5.41) is 4.29. The fourth-order valence-corrected chi connectivity index (χ4v) is 2.11. The highest BCUT2D eigenvalue weighted by Crippen LogP contribution is 2.22. The van der Waals surface area contributed by atoms with E-state index >= 15 is 0 Å². The van der Waals surface area contributed by atoms with Gasteiger partial charge in [0.1, 0.15) is 0 Å². The van der Waals surface area contributed by atoms with E-state index in [0.717, 1.165) is 6.07 Å². The number of esters is 1. The molecule has 3 amide bonds. The zero-order valence-electron chi connectivity index (χ0n) is 14.1. The molecule has 0 aromatic heterocycles. The van der Waals surface area contributed by atoms with Crippen LogP contribution in [-0.2, 0) is 9.53 Å². The standard InChI is InChI=1S/C18H17FN2O5/c1-20-18(24)21-16(22)15(11-6-4-3-5-7-11)26-17(23)12-8-9-14(25-2)13(19)10-12/h3-10,15H,1-2H3,(H2,20,21,22,24)/t15-/m1/s1. The SMILES string of the molecule is CNC(=O)NC(=O)[C@H](OC(=O)c1ccc(OC)c(F)c1)c1ccccc1.